The highest BCUT2D eigenvalue weighted by Gasteiger charge is 2.73. The van der Waals surface area contributed by atoms with E-state index >= 15 is 0 Å². The molecular formula is C32H39O11P. The van der Waals surface area contributed by atoms with Crippen LogP contribution in [0.15, 0.2) is 91.0 Å². The van der Waals surface area contributed by atoms with Gasteiger partial charge in [-0.1, -0.05) is 112 Å². The van der Waals surface area contributed by atoms with Crippen LogP contribution in [0.4, 0.5) is 0 Å². The van der Waals surface area contributed by atoms with Gasteiger partial charge >= 0.3 is 13.8 Å². The van der Waals surface area contributed by atoms with Crippen molar-refractivity contribution in [1.29, 1.82) is 0 Å². The number of hydrogen-bond donors (Lipinski definition) is 4. The van der Waals surface area contributed by atoms with Crippen molar-refractivity contribution in [3.8, 4) is 0 Å². The molecule has 238 valence electrons. The van der Waals surface area contributed by atoms with Crippen LogP contribution in [0.3, 0.4) is 0 Å². The minimum atomic E-state index is -5.58. The first-order chi connectivity index (χ1) is 20.7. The zero-order chi connectivity index (χ0) is 32.0. The molecule has 0 amide bonds. The second-order valence-corrected chi connectivity index (χ2v) is 12.8. The number of ketones is 1. The van der Waals surface area contributed by atoms with Crippen molar-refractivity contribution >= 4 is 13.6 Å². The summed E-state index contributed by atoms with van der Waals surface area (Å²) in [5.74, 6) is -4.62. The van der Waals surface area contributed by atoms with Crippen LogP contribution < -0.4 is 0 Å². The standard InChI is InChI=1S/C32H39O11P/c1-30(2,3)29(33)31(34)28(41-21-25-17-11-6-12-18-25)27(40-20-24-15-9-5-10-16-24)26(42-32(31,35)43-44(36,37)38)22-39-19-23-13-7-4-8-14-23/h4-18,26-28,34-35H,19-22H2,1-3H3,(H2,36,37,38)/t26-,27+,28+,31+,32+/m1/s1. The van der Waals surface area contributed by atoms with E-state index in [9.17, 15) is 29.4 Å². The monoisotopic (exact) mass is 630 g/mol. The second-order valence-electron chi connectivity index (χ2n) is 11.6. The van der Waals surface area contributed by atoms with Crippen LogP contribution >= 0.6 is 7.82 Å². The van der Waals surface area contributed by atoms with Gasteiger partial charge in [0.1, 0.15) is 18.3 Å². The maximum absolute atomic E-state index is 14.0. The fourth-order valence-corrected chi connectivity index (χ4v) is 5.51. The molecule has 0 radical (unpaired) electrons. The van der Waals surface area contributed by atoms with Gasteiger partial charge in [0, 0.05) is 5.41 Å². The van der Waals surface area contributed by atoms with E-state index in [1.165, 1.54) is 20.8 Å². The van der Waals surface area contributed by atoms with E-state index in [1.807, 2.05) is 60.7 Å². The zero-order valence-electron chi connectivity index (χ0n) is 24.8. The molecule has 1 aliphatic heterocycles. The van der Waals surface area contributed by atoms with Gasteiger partial charge in [0.15, 0.2) is 5.78 Å². The largest absolute Gasteiger partial charge is 0.474 e. The molecule has 1 saturated heterocycles. The Labute approximate surface area is 256 Å². The van der Waals surface area contributed by atoms with Gasteiger partial charge in [-0.15, -0.1) is 0 Å². The summed E-state index contributed by atoms with van der Waals surface area (Å²) in [6.07, 6.45) is -4.40. The molecule has 12 heteroatoms. The van der Waals surface area contributed by atoms with Gasteiger partial charge < -0.3 is 38.9 Å². The van der Waals surface area contributed by atoms with Crippen LogP contribution in [0, 0.1) is 5.41 Å². The van der Waals surface area contributed by atoms with Crippen molar-refractivity contribution in [3.05, 3.63) is 108 Å². The van der Waals surface area contributed by atoms with E-state index in [2.05, 4.69) is 0 Å². The lowest BCUT2D eigenvalue weighted by Crippen LogP contribution is -2.78. The highest BCUT2D eigenvalue weighted by atomic mass is 31.2. The molecule has 4 rings (SSSR count). The topological polar surface area (TPSA) is 161 Å². The summed E-state index contributed by atoms with van der Waals surface area (Å²) in [5, 5.41) is 24.0. The minimum absolute atomic E-state index is 0.0210. The molecule has 3 aromatic rings. The maximum atomic E-state index is 14.0. The Morgan fingerprint density at radius 1 is 0.795 bits per heavy atom. The smallest absolute Gasteiger partial charge is 0.374 e. The molecule has 11 nitrogen and oxygen atoms in total. The maximum Gasteiger partial charge on any atom is 0.474 e. The number of Topliss-reactive ketones (excluding diaryl/α,β-unsaturated/α-hetero) is 1. The predicted molar refractivity (Wildman–Crippen MR) is 158 cm³/mol. The van der Waals surface area contributed by atoms with Crippen molar-refractivity contribution in [2.75, 3.05) is 6.61 Å². The zero-order valence-corrected chi connectivity index (χ0v) is 25.7. The third-order valence-electron chi connectivity index (χ3n) is 7.09. The molecule has 0 spiro atoms. The quantitative estimate of drug-likeness (QED) is 0.160. The van der Waals surface area contributed by atoms with Crippen molar-refractivity contribution < 1.29 is 52.8 Å². The Morgan fingerprint density at radius 2 is 1.25 bits per heavy atom. The number of hydrogen-bond acceptors (Lipinski definition) is 9. The Hall–Kier alpha value is -2.80. The van der Waals surface area contributed by atoms with Crippen molar-refractivity contribution in [1.82, 2.24) is 0 Å². The Bertz CT molecular complexity index is 1390. The highest BCUT2D eigenvalue weighted by molar-refractivity contribution is 7.46. The van der Waals surface area contributed by atoms with Gasteiger partial charge in [0.2, 0.25) is 5.60 Å². The molecule has 1 fully saturated rings. The van der Waals surface area contributed by atoms with Gasteiger partial charge in [-0.3, -0.25) is 4.79 Å². The molecule has 4 N–H and O–H groups in total. The number of rotatable bonds is 13. The fraction of sp³-hybridized carbons (Fsp3) is 0.406. The molecule has 0 saturated carbocycles. The van der Waals surface area contributed by atoms with E-state index in [0.29, 0.717) is 5.56 Å². The lowest BCUT2D eigenvalue weighted by Gasteiger charge is -2.54. The third kappa shape index (κ3) is 8.26. The molecule has 0 aromatic heterocycles. The van der Waals surface area contributed by atoms with Gasteiger partial charge in [-0.2, -0.15) is 0 Å². The Balaban J connectivity index is 1.79. The molecule has 1 aliphatic rings. The number of ether oxygens (including phenoxy) is 4. The summed E-state index contributed by atoms with van der Waals surface area (Å²) in [6.45, 7) is 4.03. The highest BCUT2D eigenvalue weighted by Crippen LogP contribution is 2.51. The van der Waals surface area contributed by atoms with Crippen molar-refractivity contribution in [3.63, 3.8) is 0 Å². The molecule has 0 unspecified atom stereocenters. The van der Waals surface area contributed by atoms with Crippen LogP contribution in [0.1, 0.15) is 37.5 Å². The average molecular weight is 631 g/mol. The second kappa shape index (κ2) is 14.1. The average Bonchev–Trinajstić information content (AvgIpc) is 2.97. The number of aliphatic hydroxyl groups is 2. The number of carbonyl (C=O) groups excluding carboxylic acids is 1. The predicted octanol–water partition coefficient (Wildman–Crippen LogP) is 3.87. The van der Waals surface area contributed by atoms with E-state index in [1.54, 1.807) is 30.3 Å². The van der Waals surface area contributed by atoms with Crippen LogP contribution in [0.5, 0.6) is 0 Å². The summed E-state index contributed by atoms with van der Waals surface area (Å²) in [7, 11) is -5.58. The minimum Gasteiger partial charge on any atom is -0.374 e. The van der Waals surface area contributed by atoms with Gasteiger partial charge in [0.05, 0.1) is 26.4 Å². The number of benzene rings is 3. The summed E-state index contributed by atoms with van der Waals surface area (Å²) in [4.78, 5) is 33.6. The van der Waals surface area contributed by atoms with Crippen LogP contribution in [0.25, 0.3) is 0 Å². The third-order valence-corrected chi connectivity index (χ3v) is 7.58. The first-order valence-corrected chi connectivity index (χ1v) is 15.6. The molecule has 1 heterocycles. The molecular weight excluding hydrogens is 591 g/mol. The van der Waals surface area contributed by atoms with Crippen molar-refractivity contribution in [2.45, 2.75) is 70.5 Å². The first-order valence-electron chi connectivity index (χ1n) is 14.1. The van der Waals surface area contributed by atoms with Crippen LogP contribution in [0.2, 0.25) is 0 Å². The molecule has 5 atom stereocenters. The van der Waals surface area contributed by atoms with E-state index in [4.69, 9.17) is 23.5 Å². The van der Waals surface area contributed by atoms with E-state index < -0.39 is 48.9 Å². The van der Waals surface area contributed by atoms with Crippen molar-refractivity contribution in [2.24, 2.45) is 5.41 Å². The lowest BCUT2D eigenvalue weighted by molar-refractivity contribution is -0.454. The first kappa shape index (κ1) is 34.1. The lowest BCUT2D eigenvalue weighted by atomic mass is 9.72. The molecule has 3 aromatic carbocycles. The van der Waals surface area contributed by atoms with Gasteiger partial charge in [0.25, 0.3) is 0 Å². The normalized spacial score (nSPS) is 25.9. The van der Waals surface area contributed by atoms with E-state index in [0.717, 1.165) is 11.1 Å². The molecule has 0 bridgehead atoms. The van der Waals surface area contributed by atoms with Crippen LogP contribution in [-0.4, -0.2) is 62.3 Å². The Kier molecular flexibility index (Phi) is 10.9. The van der Waals surface area contributed by atoms with Gasteiger partial charge in [-0.05, 0) is 16.7 Å². The summed E-state index contributed by atoms with van der Waals surface area (Å²) in [5.41, 5.74) is -2.33. The summed E-state index contributed by atoms with van der Waals surface area (Å²) >= 11 is 0. The van der Waals surface area contributed by atoms with E-state index in [-0.39, 0.29) is 26.4 Å². The fourth-order valence-electron chi connectivity index (χ4n) is 5.00. The molecule has 0 aliphatic carbocycles. The van der Waals surface area contributed by atoms with Gasteiger partial charge in [-0.25, -0.2) is 9.09 Å². The van der Waals surface area contributed by atoms with Crippen LogP contribution in [-0.2, 0) is 52.7 Å². The Morgan fingerprint density at radius 3 is 1.70 bits per heavy atom. The molecule has 44 heavy (non-hydrogen) atoms. The summed E-state index contributed by atoms with van der Waals surface area (Å²) in [6, 6.07) is 27.1. The SMILES string of the molecule is CC(C)(C)C(=O)[C@@]1(O)[C@@H](OCc2ccccc2)[C@@H](OCc2ccccc2)[C@@H](COCc2ccccc2)O[C@]1(O)OP(=O)(O)O. The summed E-state index contributed by atoms with van der Waals surface area (Å²) < 4.78 is 41.0. The number of phosphoric acid groups is 1. The number of carbonyl (C=O) groups is 1. The number of phosphoric ester groups is 1.